The molecule has 2 aliphatic heterocycles. The number of fused-ring (bicyclic) bond motifs is 2. The molecule has 2 aliphatic rings. The van der Waals surface area contributed by atoms with Crippen molar-refractivity contribution in [1.29, 1.82) is 0 Å². The number of carbonyl (C=O) groups excluding carboxylic acids is 1. The molecule has 1 fully saturated rings. The molecule has 1 saturated heterocycles. The number of amidine groups is 1. The van der Waals surface area contributed by atoms with Crippen molar-refractivity contribution in [3.63, 3.8) is 0 Å². The Hall–Kier alpha value is -3.67. The highest BCUT2D eigenvalue weighted by Crippen LogP contribution is 2.31. The average Bonchev–Trinajstić information content (AvgIpc) is 3.08. The molecule has 12 heteroatoms. The fraction of sp³-hybridized carbons (Fsp3) is 0.391. The topological polar surface area (TPSA) is 145 Å². The maximum Gasteiger partial charge on any atom is 0.344 e. The Morgan fingerprint density at radius 1 is 1.31 bits per heavy atom. The summed E-state index contributed by atoms with van der Waals surface area (Å²) in [5.41, 5.74) is 9.54. The van der Waals surface area contributed by atoms with E-state index in [4.69, 9.17) is 10.5 Å². The Bertz CT molecular complexity index is 1480. The molecule has 0 aliphatic carbocycles. The van der Waals surface area contributed by atoms with Gasteiger partial charge < -0.3 is 15.4 Å². The lowest BCUT2D eigenvalue weighted by molar-refractivity contribution is 0.0635. The minimum Gasteiger partial charge on any atom is -0.492 e. The monoisotopic (exact) mass is 497 g/mol. The average molecular weight is 498 g/mol. The Morgan fingerprint density at radius 3 is 2.91 bits per heavy atom. The first kappa shape index (κ1) is 23.1. The molecule has 2 aromatic heterocycles. The van der Waals surface area contributed by atoms with Crippen LogP contribution in [0.4, 0.5) is 5.69 Å². The van der Waals surface area contributed by atoms with Gasteiger partial charge >= 0.3 is 10.2 Å². The van der Waals surface area contributed by atoms with Crippen LogP contribution in [0.25, 0.3) is 11.0 Å². The molecule has 0 radical (unpaired) electrons. The van der Waals surface area contributed by atoms with E-state index in [0.717, 1.165) is 29.6 Å². The first-order valence-electron chi connectivity index (χ1n) is 11.4. The number of aromatic nitrogens is 3. The summed E-state index contributed by atoms with van der Waals surface area (Å²) in [4.78, 5) is 20.0. The lowest BCUT2D eigenvalue weighted by Crippen LogP contribution is -2.41. The molecule has 184 valence electrons. The molecule has 1 atom stereocenters. The number of carbonyl (C=O) groups is 1. The molecular weight excluding hydrogens is 470 g/mol. The third kappa shape index (κ3) is 4.29. The lowest BCUT2D eigenvalue weighted by atomic mass is 9.97. The molecule has 0 saturated carbocycles. The van der Waals surface area contributed by atoms with Gasteiger partial charge in [0.1, 0.15) is 5.75 Å². The summed E-state index contributed by atoms with van der Waals surface area (Å²) in [7, 11) is -2.03. The lowest BCUT2D eigenvalue weighted by Gasteiger charge is -2.33. The summed E-state index contributed by atoms with van der Waals surface area (Å²) in [6.45, 7) is 5.34. The van der Waals surface area contributed by atoms with Gasteiger partial charge in [0.05, 0.1) is 34.5 Å². The van der Waals surface area contributed by atoms with Crippen molar-refractivity contribution >= 4 is 38.7 Å². The first-order chi connectivity index (χ1) is 16.6. The molecule has 3 N–H and O–H groups in total. The van der Waals surface area contributed by atoms with Gasteiger partial charge in [0, 0.05) is 31.7 Å². The number of aryl methyl sites for hydroxylation is 3. The molecule has 5 rings (SSSR count). The number of likely N-dealkylation sites (tertiary alicyclic amines) is 1. The van der Waals surface area contributed by atoms with E-state index in [2.05, 4.69) is 19.2 Å². The van der Waals surface area contributed by atoms with Crippen LogP contribution in [0.5, 0.6) is 5.75 Å². The molecule has 0 unspecified atom stereocenters. The van der Waals surface area contributed by atoms with Crippen molar-refractivity contribution in [3.8, 4) is 5.75 Å². The Kier molecular flexibility index (Phi) is 5.62. The van der Waals surface area contributed by atoms with E-state index >= 15 is 0 Å². The third-order valence-corrected chi connectivity index (χ3v) is 7.26. The van der Waals surface area contributed by atoms with Gasteiger partial charge in [0.25, 0.3) is 5.91 Å². The number of rotatable bonds is 4. The molecule has 11 nitrogen and oxygen atoms in total. The van der Waals surface area contributed by atoms with Crippen LogP contribution in [0.3, 0.4) is 0 Å². The van der Waals surface area contributed by atoms with Crippen LogP contribution >= 0.6 is 0 Å². The molecule has 4 heterocycles. The van der Waals surface area contributed by atoms with E-state index in [1.165, 1.54) is 0 Å². The van der Waals surface area contributed by atoms with Gasteiger partial charge in [-0.25, -0.2) is 4.98 Å². The van der Waals surface area contributed by atoms with Crippen molar-refractivity contribution in [3.05, 3.63) is 46.8 Å². The summed E-state index contributed by atoms with van der Waals surface area (Å²) >= 11 is 0. The molecular formula is C23H27N7O4S. The smallest absolute Gasteiger partial charge is 0.344 e. The molecule has 35 heavy (non-hydrogen) atoms. The Labute approximate surface area is 203 Å². The number of piperidine rings is 1. The number of nitrogens with two attached hydrogens (primary N) is 1. The summed E-state index contributed by atoms with van der Waals surface area (Å²) in [6.07, 6.45) is 1.76. The zero-order valence-electron chi connectivity index (χ0n) is 19.8. The van der Waals surface area contributed by atoms with Crippen molar-refractivity contribution in [2.24, 2.45) is 23.1 Å². The van der Waals surface area contributed by atoms with E-state index < -0.39 is 10.2 Å². The van der Waals surface area contributed by atoms with Gasteiger partial charge in [0.2, 0.25) is 0 Å². The maximum absolute atomic E-state index is 13.6. The number of nitrogens with one attached hydrogen (secondary N) is 1. The SMILES string of the molecule is Cc1cc(C(=O)N2CCC[C@H](COc3cccc4c3C(N)=NS(=O)(=O)N4)C2)c2c(C)nn(C)c2n1. The van der Waals surface area contributed by atoms with E-state index in [0.29, 0.717) is 47.9 Å². The van der Waals surface area contributed by atoms with Gasteiger partial charge in [0.15, 0.2) is 11.5 Å². The predicted octanol–water partition coefficient (Wildman–Crippen LogP) is 1.89. The van der Waals surface area contributed by atoms with Gasteiger partial charge in [-0.05, 0) is 44.9 Å². The van der Waals surface area contributed by atoms with Crippen molar-refractivity contribution < 1.29 is 17.9 Å². The summed E-state index contributed by atoms with van der Waals surface area (Å²) in [5, 5.41) is 5.24. The van der Waals surface area contributed by atoms with Crippen LogP contribution < -0.4 is 15.2 Å². The van der Waals surface area contributed by atoms with Crippen LogP contribution in [-0.4, -0.2) is 59.5 Å². The summed E-state index contributed by atoms with van der Waals surface area (Å²) < 4.78 is 37.3. The predicted molar refractivity (Wildman–Crippen MR) is 132 cm³/mol. The largest absolute Gasteiger partial charge is 0.492 e. The van der Waals surface area contributed by atoms with Gasteiger partial charge in [-0.3, -0.25) is 14.2 Å². The number of ether oxygens (including phenoxy) is 1. The number of benzene rings is 1. The number of nitrogens with zero attached hydrogens (tertiary/aromatic N) is 5. The highest BCUT2D eigenvalue weighted by molar-refractivity contribution is 7.91. The fourth-order valence-corrected chi connectivity index (χ4v) is 5.68. The minimum absolute atomic E-state index is 0.0378. The van der Waals surface area contributed by atoms with Gasteiger partial charge in [-0.2, -0.15) is 13.5 Å². The summed E-state index contributed by atoms with van der Waals surface area (Å²) in [5.74, 6) is 0.408. The number of hydrogen-bond acceptors (Lipinski definition) is 7. The Balaban J connectivity index is 1.34. The number of pyridine rings is 1. The van der Waals surface area contributed by atoms with Gasteiger partial charge in [-0.1, -0.05) is 6.07 Å². The zero-order chi connectivity index (χ0) is 24.9. The van der Waals surface area contributed by atoms with Crippen LogP contribution in [-0.2, 0) is 17.3 Å². The molecule has 0 spiro atoms. The highest BCUT2D eigenvalue weighted by atomic mass is 32.2. The molecule has 1 amide bonds. The van der Waals surface area contributed by atoms with Crippen LogP contribution in [0.2, 0.25) is 0 Å². The fourth-order valence-electron chi connectivity index (χ4n) is 4.84. The van der Waals surface area contributed by atoms with Crippen molar-refractivity contribution in [1.82, 2.24) is 19.7 Å². The second-order valence-corrected chi connectivity index (χ2v) is 10.4. The third-order valence-electron chi connectivity index (χ3n) is 6.35. The second kappa shape index (κ2) is 8.52. The normalized spacial score (nSPS) is 19.1. The minimum atomic E-state index is -3.86. The first-order valence-corrected chi connectivity index (χ1v) is 12.8. The van der Waals surface area contributed by atoms with Gasteiger partial charge in [-0.15, -0.1) is 4.40 Å². The van der Waals surface area contributed by atoms with E-state index in [9.17, 15) is 13.2 Å². The quantitative estimate of drug-likeness (QED) is 0.560. The van der Waals surface area contributed by atoms with Crippen LogP contribution in [0.15, 0.2) is 28.7 Å². The number of amides is 1. The number of hydrogen-bond donors (Lipinski definition) is 2. The van der Waals surface area contributed by atoms with Crippen LogP contribution in [0, 0.1) is 19.8 Å². The maximum atomic E-state index is 13.6. The standard InChI is InChI=1S/C23H27N7O4S/c1-13-10-16(19-14(2)26-29(3)22(19)25-13)23(31)30-9-5-6-15(11-30)12-34-18-8-4-7-17-20(18)21(24)28-35(32,33)27-17/h4,7-8,10,15,27H,5-6,9,11-12H2,1-3H3,(H2,24,28)/t15-/m0/s1. The second-order valence-electron chi connectivity index (χ2n) is 9.02. The Morgan fingerprint density at radius 2 is 2.11 bits per heavy atom. The zero-order valence-corrected chi connectivity index (χ0v) is 20.6. The number of anilines is 1. The van der Waals surface area contributed by atoms with Crippen LogP contribution in [0.1, 0.15) is 40.2 Å². The molecule has 0 bridgehead atoms. The van der Waals surface area contributed by atoms with E-state index in [-0.39, 0.29) is 17.7 Å². The van der Waals surface area contributed by atoms with Crippen molar-refractivity contribution in [2.45, 2.75) is 26.7 Å². The molecule has 3 aromatic rings. The summed E-state index contributed by atoms with van der Waals surface area (Å²) in [6, 6.07) is 6.87. The molecule has 1 aromatic carbocycles. The highest BCUT2D eigenvalue weighted by Gasteiger charge is 2.29. The van der Waals surface area contributed by atoms with E-state index in [1.807, 2.05) is 31.9 Å². The van der Waals surface area contributed by atoms with Crippen molar-refractivity contribution in [2.75, 3.05) is 24.4 Å². The van der Waals surface area contributed by atoms with E-state index in [1.54, 1.807) is 22.9 Å².